The molecule has 4 aromatic rings. The van der Waals surface area contributed by atoms with Crippen molar-refractivity contribution in [3.8, 4) is 22.8 Å². The van der Waals surface area contributed by atoms with Crippen LogP contribution in [0.2, 0.25) is 0 Å². The minimum atomic E-state index is -0.144. The highest BCUT2D eigenvalue weighted by Crippen LogP contribution is 2.20. The second kappa shape index (κ2) is 13.4. The van der Waals surface area contributed by atoms with Crippen LogP contribution < -0.4 is 10.6 Å². The minimum Gasteiger partial charge on any atom is -0.351 e. The molecular weight excluding hydrogens is 492 g/mol. The molecule has 0 radical (unpaired) electrons. The van der Waals surface area contributed by atoms with Gasteiger partial charge in [-0.25, -0.2) is 0 Å². The molecule has 2 amide bonds. The van der Waals surface area contributed by atoms with Gasteiger partial charge < -0.3 is 10.6 Å². The van der Waals surface area contributed by atoms with Gasteiger partial charge in [-0.05, 0) is 48.5 Å². The number of pyridine rings is 4. The molecule has 0 fully saturated rings. The summed E-state index contributed by atoms with van der Waals surface area (Å²) >= 11 is 0. The van der Waals surface area contributed by atoms with Gasteiger partial charge >= 0.3 is 0 Å². The van der Waals surface area contributed by atoms with E-state index in [0.717, 1.165) is 22.9 Å². The van der Waals surface area contributed by atoms with Crippen LogP contribution in [0.1, 0.15) is 20.7 Å². The molecule has 0 spiro atoms. The molecule has 0 aliphatic carbocycles. The van der Waals surface area contributed by atoms with Crippen molar-refractivity contribution in [2.45, 2.75) is 0 Å². The number of hydrogen-bond acceptors (Lipinski definition) is 8. The lowest BCUT2D eigenvalue weighted by molar-refractivity contribution is 0.0948. The van der Waals surface area contributed by atoms with Gasteiger partial charge in [0.05, 0.1) is 22.8 Å². The fourth-order valence-electron chi connectivity index (χ4n) is 3.19. The molecule has 0 bridgehead atoms. The first kappa shape index (κ1) is 25.3. The Hall–Kier alpha value is -3.76. The van der Waals surface area contributed by atoms with E-state index in [4.69, 9.17) is 0 Å². The van der Waals surface area contributed by atoms with E-state index in [2.05, 4.69) is 30.6 Å². The second-order valence-corrected chi connectivity index (χ2v) is 10.1. The number of rotatable bonds is 11. The average Bonchev–Trinajstić information content (AvgIpc) is 2.95. The lowest BCUT2D eigenvalue weighted by Crippen LogP contribution is -2.26. The van der Waals surface area contributed by atoms with Gasteiger partial charge in [0, 0.05) is 60.5 Å². The van der Waals surface area contributed by atoms with Crippen LogP contribution in [0.3, 0.4) is 0 Å². The van der Waals surface area contributed by atoms with E-state index in [1.54, 1.807) is 70.6 Å². The van der Waals surface area contributed by atoms with Crippen molar-refractivity contribution < 1.29 is 9.59 Å². The maximum absolute atomic E-state index is 12.5. The molecule has 2 N–H and O–H groups in total. The van der Waals surface area contributed by atoms with Gasteiger partial charge in [0.2, 0.25) is 0 Å². The highest BCUT2D eigenvalue weighted by atomic mass is 33.1. The van der Waals surface area contributed by atoms with Gasteiger partial charge in [-0.2, -0.15) is 0 Å². The summed E-state index contributed by atoms with van der Waals surface area (Å²) < 4.78 is 0. The van der Waals surface area contributed by atoms with Gasteiger partial charge in [-0.1, -0.05) is 33.7 Å². The third kappa shape index (κ3) is 7.37. The Kier molecular flexibility index (Phi) is 9.40. The molecule has 8 nitrogen and oxygen atoms in total. The Morgan fingerprint density at radius 3 is 1.44 bits per heavy atom. The number of nitrogens with one attached hydrogen (secondary N) is 2. The predicted octanol–water partition coefficient (Wildman–Crippen LogP) is 4.14. The third-order valence-corrected chi connectivity index (χ3v) is 7.33. The number of aromatic nitrogens is 4. The Labute approximate surface area is 217 Å². The molecule has 0 unspecified atom stereocenters. The summed E-state index contributed by atoms with van der Waals surface area (Å²) in [6.07, 6.45) is 6.62. The number of carbonyl (C=O) groups excluding carboxylic acids is 2. The Balaban J connectivity index is 1.12. The van der Waals surface area contributed by atoms with E-state index >= 15 is 0 Å². The minimum absolute atomic E-state index is 0.144. The molecule has 36 heavy (non-hydrogen) atoms. The Bertz CT molecular complexity index is 1190. The number of amides is 2. The van der Waals surface area contributed by atoms with Crippen LogP contribution in [0.15, 0.2) is 85.5 Å². The van der Waals surface area contributed by atoms with Crippen molar-refractivity contribution in [3.63, 3.8) is 0 Å². The molecule has 0 aliphatic rings. The van der Waals surface area contributed by atoms with Crippen LogP contribution >= 0.6 is 21.6 Å². The lowest BCUT2D eigenvalue weighted by Gasteiger charge is -2.07. The van der Waals surface area contributed by atoms with Crippen molar-refractivity contribution in [3.05, 3.63) is 96.6 Å². The van der Waals surface area contributed by atoms with Crippen LogP contribution in [0, 0.1) is 0 Å². The standard InChI is InChI=1S/C26H24N6O2S2/c33-25(19-7-11-29-23(17-19)21-5-1-3-9-27-21)31-13-15-35-36-16-14-32-26(34)20-8-12-30-24(18-20)22-6-2-4-10-28-22/h1-12,17-18H,13-16H2,(H,31,33)(H,32,34). The van der Waals surface area contributed by atoms with E-state index in [-0.39, 0.29) is 11.8 Å². The van der Waals surface area contributed by atoms with Gasteiger partial charge in [0.1, 0.15) is 0 Å². The molecular formula is C26H24N6O2S2. The molecule has 10 heteroatoms. The summed E-state index contributed by atoms with van der Waals surface area (Å²) in [7, 11) is 3.30. The van der Waals surface area contributed by atoms with Crippen molar-refractivity contribution in [2.75, 3.05) is 24.6 Å². The summed E-state index contributed by atoms with van der Waals surface area (Å²) in [4.78, 5) is 42.0. The van der Waals surface area contributed by atoms with Crippen LogP contribution in [0.4, 0.5) is 0 Å². The molecule has 4 aromatic heterocycles. The summed E-state index contributed by atoms with van der Waals surface area (Å²) in [5.41, 5.74) is 3.87. The number of hydrogen-bond donors (Lipinski definition) is 2. The largest absolute Gasteiger partial charge is 0.351 e. The quantitative estimate of drug-likeness (QED) is 0.226. The zero-order chi connectivity index (χ0) is 25.0. The third-order valence-electron chi connectivity index (χ3n) is 4.92. The molecule has 0 aromatic carbocycles. The zero-order valence-corrected chi connectivity index (χ0v) is 21.0. The van der Waals surface area contributed by atoms with Crippen molar-refractivity contribution >= 4 is 33.4 Å². The smallest absolute Gasteiger partial charge is 0.251 e. The second-order valence-electron chi connectivity index (χ2n) is 7.45. The normalized spacial score (nSPS) is 10.6. The first-order chi connectivity index (χ1) is 17.7. The highest BCUT2D eigenvalue weighted by Gasteiger charge is 2.09. The van der Waals surface area contributed by atoms with Crippen molar-refractivity contribution in [1.82, 2.24) is 30.6 Å². The van der Waals surface area contributed by atoms with E-state index in [1.807, 2.05) is 36.4 Å². The van der Waals surface area contributed by atoms with Gasteiger partial charge in [-0.15, -0.1) is 0 Å². The first-order valence-corrected chi connectivity index (χ1v) is 13.8. The van der Waals surface area contributed by atoms with Crippen LogP contribution in [0.25, 0.3) is 22.8 Å². The van der Waals surface area contributed by atoms with E-state index in [0.29, 0.717) is 35.6 Å². The fraction of sp³-hybridized carbons (Fsp3) is 0.154. The summed E-state index contributed by atoms with van der Waals surface area (Å²) in [5, 5.41) is 5.85. The summed E-state index contributed by atoms with van der Waals surface area (Å²) in [6, 6.07) is 18.0. The molecule has 0 saturated heterocycles. The molecule has 4 heterocycles. The van der Waals surface area contributed by atoms with Gasteiger partial charge in [0.15, 0.2) is 0 Å². The highest BCUT2D eigenvalue weighted by molar-refractivity contribution is 8.76. The lowest BCUT2D eigenvalue weighted by atomic mass is 10.1. The first-order valence-electron chi connectivity index (χ1n) is 11.3. The Morgan fingerprint density at radius 1 is 0.583 bits per heavy atom. The van der Waals surface area contributed by atoms with E-state index in [1.165, 1.54) is 0 Å². The van der Waals surface area contributed by atoms with E-state index in [9.17, 15) is 9.59 Å². The maximum Gasteiger partial charge on any atom is 0.251 e. The van der Waals surface area contributed by atoms with Gasteiger partial charge in [0.25, 0.3) is 11.8 Å². The molecule has 0 aliphatic heterocycles. The molecule has 0 atom stereocenters. The van der Waals surface area contributed by atoms with E-state index < -0.39 is 0 Å². The zero-order valence-electron chi connectivity index (χ0n) is 19.3. The predicted molar refractivity (Wildman–Crippen MR) is 145 cm³/mol. The molecule has 182 valence electrons. The number of nitrogens with zero attached hydrogens (tertiary/aromatic N) is 4. The van der Waals surface area contributed by atoms with Crippen LogP contribution in [0.5, 0.6) is 0 Å². The molecule has 4 rings (SSSR count). The fourth-order valence-corrected chi connectivity index (χ4v) is 5.00. The van der Waals surface area contributed by atoms with Crippen LogP contribution in [-0.2, 0) is 0 Å². The van der Waals surface area contributed by atoms with Gasteiger partial charge in [-0.3, -0.25) is 29.5 Å². The topological polar surface area (TPSA) is 110 Å². The van der Waals surface area contributed by atoms with Crippen molar-refractivity contribution in [1.29, 1.82) is 0 Å². The number of carbonyl (C=O) groups is 2. The SMILES string of the molecule is O=C(NCCSSCCNC(=O)c1ccnc(-c2ccccn2)c1)c1ccnc(-c2ccccn2)c1. The molecule has 0 saturated carbocycles. The summed E-state index contributed by atoms with van der Waals surface area (Å²) in [5.74, 6) is 1.21. The van der Waals surface area contributed by atoms with Crippen LogP contribution in [-0.4, -0.2) is 56.3 Å². The summed E-state index contributed by atoms with van der Waals surface area (Å²) in [6.45, 7) is 1.08. The van der Waals surface area contributed by atoms with Crippen molar-refractivity contribution in [2.24, 2.45) is 0 Å². The average molecular weight is 517 g/mol. The maximum atomic E-state index is 12.5. The Morgan fingerprint density at radius 2 is 1.03 bits per heavy atom. The monoisotopic (exact) mass is 516 g/mol.